The zero-order valence-electron chi connectivity index (χ0n) is 16.4. The summed E-state index contributed by atoms with van der Waals surface area (Å²) < 4.78 is 2.29. The monoisotopic (exact) mass is 357 g/mol. The van der Waals surface area contributed by atoms with Gasteiger partial charge in [0.05, 0.1) is 30.3 Å². The van der Waals surface area contributed by atoms with Gasteiger partial charge >= 0.3 is 0 Å². The van der Waals surface area contributed by atoms with Crippen LogP contribution in [0.15, 0.2) is 0 Å². The molecule has 2 heterocycles. The lowest BCUT2D eigenvalue weighted by molar-refractivity contribution is -0.132. The summed E-state index contributed by atoms with van der Waals surface area (Å²) in [5.41, 5.74) is 2.66. The van der Waals surface area contributed by atoms with Gasteiger partial charge in [0, 0.05) is 25.8 Å². The molecule has 142 valence electrons. The Morgan fingerprint density at radius 1 is 1.38 bits per heavy atom. The molecular weight excluding hydrogens is 326 g/mol. The summed E-state index contributed by atoms with van der Waals surface area (Å²) >= 11 is 0. The number of aryl methyl sites for hydroxylation is 1. The Morgan fingerprint density at radius 2 is 2.15 bits per heavy atom. The third-order valence-corrected chi connectivity index (χ3v) is 5.86. The number of rotatable bonds is 6. The Hall–Kier alpha value is -1.87. The zero-order chi connectivity index (χ0) is 18.7. The van der Waals surface area contributed by atoms with Gasteiger partial charge in [0.1, 0.15) is 5.82 Å². The van der Waals surface area contributed by atoms with E-state index in [1.807, 2.05) is 18.7 Å². The van der Waals surface area contributed by atoms with E-state index in [4.69, 9.17) is 10.2 Å². The van der Waals surface area contributed by atoms with Gasteiger partial charge in [-0.25, -0.2) is 4.98 Å². The number of amides is 1. The van der Waals surface area contributed by atoms with Crippen LogP contribution in [0.25, 0.3) is 0 Å². The first kappa shape index (κ1) is 18.9. The molecule has 0 bridgehead atoms. The molecule has 1 fully saturated rings. The van der Waals surface area contributed by atoms with Crippen LogP contribution in [0, 0.1) is 17.2 Å². The van der Waals surface area contributed by atoms with Crippen LogP contribution in [0.1, 0.15) is 62.8 Å². The fraction of sp³-hybridized carbons (Fsp3) is 0.750. The summed E-state index contributed by atoms with van der Waals surface area (Å²) in [5.74, 6) is 1.13. The highest BCUT2D eigenvalue weighted by molar-refractivity contribution is 5.78. The summed E-state index contributed by atoms with van der Waals surface area (Å²) in [7, 11) is 2.14. The summed E-state index contributed by atoms with van der Waals surface area (Å²) in [6.45, 7) is 6.39. The van der Waals surface area contributed by atoms with Gasteiger partial charge in [0.15, 0.2) is 0 Å². The Bertz CT molecular complexity index is 689. The van der Waals surface area contributed by atoms with E-state index < -0.39 is 0 Å². The number of likely N-dealkylation sites (tertiary alicyclic amines) is 1. The maximum Gasteiger partial charge on any atom is 0.236 e. The zero-order valence-corrected chi connectivity index (χ0v) is 16.4. The van der Waals surface area contributed by atoms with E-state index in [1.165, 1.54) is 24.2 Å². The normalized spacial score (nSPS) is 21.2. The molecule has 26 heavy (non-hydrogen) atoms. The number of nitriles is 1. The Morgan fingerprint density at radius 3 is 2.85 bits per heavy atom. The van der Waals surface area contributed by atoms with Crippen LogP contribution >= 0.6 is 0 Å². The van der Waals surface area contributed by atoms with Gasteiger partial charge < -0.3 is 9.47 Å². The largest absolute Gasteiger partial charge is 0.341 e. The molecular formula is C20H31N5O. The standard InChI is InChI=1S/C20H31N5O/c1-4-24(13-15(2)12-21)19(26)14-25-11-7-10-18(25)20-22-16-8-5-6-9-17(16)23(20)3/h15,18H,4-11,13-14H2,1-3H3/t15-,18-/m1/s1. The molecule has 0 N–H and O–H groups in total. The van der Waals surface area contributed by atoms with Crippen LogP contribution in [-0.2, 0) is 24.7 Å². The highest BCUT2D eigenvalue weighted by atomic mass is 16.2. The van der Waals surface area contributed by atoms with Crippen molar-refractivity contribution in [3.8, 4) is 6.07 Å². The maximum absolute atomic E-state index is 12.8. The molecule has 1 saturated heterocycles. The van der Waals surface area contributed by atoms with Crippen molar-refractivity contribution in [2.45, 2.75) is 58.4 Å². The summed E-state index contributed by atoms with van der Waals surface area (Å²) in [4.78, 5) is 21.9. The molecule has 6 nitrogen and oxygen atoms in total. The molecule has 0 aromatic carbocycles. The molecule has 1 aliphatic heterocycles. The fourth-order valence-corrected chi connectivity index (χ4v) is 4.36. The van der Waals surface area contributed by atoms with Crippen LogP contribution in [0.5, 0.6) is 0 Å². The molecule has 2 aliphatic rings. The number of imidazole rings is 1. The van der Waals surface area contributed by atoms with Crippen molar-refractivity contribution < 1.29 is 4.79 Å². The molecule has 0 spiro atoms. The Labute approximate surface area is 156 Å². The molecule has 0 radical (unpaired) electrons. The molecule has 1 aromatic rings. The predicted molar refractivity (Wildman–Crippen MR) is 100 cm³/mol. The minimum absolute atomic E-state index is 0.125. The first-order valence-corrected chi connectivity index (χ1v) is 10.0. The first-order valence-electron chi connectivity index (χ1n) is 10.0. The summed E-state index contributed by atoms with van der Waals surface area (Å²) in [6, 6.07) is 2.46. The Balaban J connectivity index is 1.71. The van der Waals surface area contributed by atoms with Crippen LogP contribution < -0.4 is 0 Å². The second-order valence-electron chi connectivity index (χ2n) is 7.72. The van der Waals surface area contributed by atoms with Gasteiger partial charge in [0.25, 0.3) is 0 Å². The van der Waals surface area contributed by atoms with Crippen molar-refractivity contribution in [2.75, 3.05) is 26.2 Å². The number of hydrogen-bond donors (Lipinski definition) is 0. The van der Waals surface area contributed by atoms with E-state index in [0.29, 0.717) is 19.6 Å². The number of likely N-dealkylation sites (N-methyl/N-ethyl adjacent to an activating group) is 1. The van der Waals surface area contributed by atoms with Gasteiger partial charge in [-0.1, -0.05) is 0 Å². The van der Waals surface area contributed by atoms with Crippen LogP contribution in [0.4, 0.5) is 0 Å². The number of hydrogen-bond acceptors (Lipinski definition) is 4. The quantitative estimate of drug-likeness (QED) is 0.784. The average molecular weight is 358 g/mol. The van der Waals surface area contributed by atoms with Crippen molar-refractivity contribution in [1.29, 1.82) is 5.26 Å². The predicted octanol–water partition coefficient (Wildman–Crippen LogP) is 2.44. The van der Waals surface area contributed by atoms with Gasteiger partial charge in [0.2, 0.25) is 5.91 Å². The maximum atomic E-state index is 12.8. The van der Waals surface area contributed by atoms with Crippen molar-refractivity contribution in [2.24, 2.45) is 13.0 Å². The van der Waals surface area contributed by atoms with Crippen molar-refractivity contribution in [3.05, 3.63) is 17.2 Å². The van der Waals surface area contributed by atoms with Crippen LogP contribution in [0.3, 0.4) is 0 Å². The van der Waals surface area contributed by atoms with E-state index in [9.17, 15) is 4.79 Å². The first-order chi connectivity index (χ1) is 12.5. The van der Waals surface area contributed by atoms with Crippen LogP contribution in [0.2, 0.25) is 0 Å². The number of aromatic nitrogens is 2. The minimum Gasteiger partial charge on any atom is -0.341 e. The van der Waals surface area contributed by atoms with E-state index in [1.54, 1.807) is 0 Å². The molecule has 1 aromatic heterocycles. The van der Waals surface area contributed by atoms with Gasteiger partial charge in [-0.3, -0.25) is 9.69 Å². The average Bonchev–Trinajstić information content (AvgIpc) is 3.23. The molecule has 0 unspecified atom stereocenters. The number of carbonyl (C=O) groups is 1. The number of fused-ring (bicyclic) bond motifs is 1. The second-order valence-corrected chi connectivity index (χ2v) is 7.72. The topological polar surface area (TPSA) is 65.2 Å². The fourth-order valence-electron chi connectivity index (χ4n) is 4.36. The Kier molecular flexibility index (Phi) is 5.98. The van der Waals surface area contributed by atoms with Gasteiger partial charge in [-0.2, -0.15) is 5.26 Å². The molecule has 2 atom stereocenters. The molecule has 1 amide bonds. The van der Waals surface area contributed by atoms with E-state index >= 15 is 0 Å². The SMILES string of the molecule is CCN(C[C@H](C)C#N)C(=O)CN1CCC[C@@H]1c1nc2c(n1C)CCCC2. The highest BCUT2D eigenvalue weighted by Crippen LogP contribution is 2.33. The van der Waals surface area contributed by atoms with Crippen molar-refractivity contribution in [1.82, 2.24) is 19.4 Å². The van der Waals surface area contributed by atoms with Crippen LogP contribution in [-0.4, -0.2) is 51.4 Å². The number of carbonyl (C=O) groups excluding carboxylic acids is 1. The molecule has 6 heteroatoms. The van der Waals surface area contributed by atoms with Crippen molar-refractivity contribution in [3.63, 3.8) is 0 Å². The van der Waals surface area contributed by atoms with E-state index in [2.05, 4.69) is 22.6 Å². The molecule has 3 rings (SSSR count). The van der Waals surface area contributed by atoms with E-state index in [-0.39, 0.29) is 17.9 Å². The third-order valence-electron chi connectivity index (χ3n) is 5.86. The smallest absolute Gasteiger partial charge is 0.236 e. The summed E-state index contributed by atoms with van der Waals surface area (Å²) in [5, 5.41) is 9.04. The third kappa shape index (κ3) is 3.78. The molecule has 1 aliphatic carbocycles. The lowest BCUT2D eigenvalue weighted by Crippen LogP contribution is -2.42. The van der Waals surface area contributed by atoms with Gasteiger partial charge in [-0.15, -0.1) is 0 Å². The second kappa shape index (κ2) is 8.22. The van der Waals surface area contributed by atoms with E-state index in [0.717, 1.165) is 38.1 Å². The lowest BCUT2D eigenvalue weighted by atomic mass is 10.0. The molecule has 0 saturated carbocycles. The summed E-state index contributed by atoms with van der Waals surface area (Å²) in [6.07, 6.45) is 6.87. The lowest BCUT2D eigenvalue weighted by Gasteiger charge is -2.28. The van der Waals surface area contributed by atoms with Crippen molar-refractivity contribution >= 4 is 5.91 Å². The number of nitrogens with zero attached hydrogens (tertiary/aromatic N) is 5. The van der Waals surface area contributed by atoms with Gasteiger partial charge in [-0.05, 0) is 58.9 Å². The highest BCUT2D eigenvalue weighted by Gasteiger charge is 2.33. The minimum atomic E-state index is -0.130.